The number of hydrogen-bond donors (Lipinski definition) is 2. The van der Waals surface area contributed by atoms with Gasteiger partial charge in [0, 0.05) is 30.9 Å². The number of nitrogens with zero attached hydrogens (tertiary/aromatic N) is 1. The van der Waals surface area contributed by atoms with Crippen molar-refractivity contribution in [2.24, 2.45) is 0 Å². The van der Waals surface area contributed by atoms with Gasteiger partial charge in [0.05, 0.1) is 12.7 Å². The first kappa shape index (κ1) is 22.1. The lowest BCUT2D eigenvalue weighted by Crippen LogP contribution is -2.26. The van der Waals surface area contributed by atoms with E-state index in [4.69, 9.17) is 21.1 Å². The Morgan fingerprint density at radius 3 is 2.61 bits per heavy atom. The number of halogens is 1. The van der Waals surface area contributed by atoms with Gasteiger partial charge in [-0.15, -0.1) is 0 Å². The van der Waals surface area contributed by atoms with Gasteiger partial charge in [-0.05, 0) is 48.4 Å². The Bertz CT molecular complexity index is 1090. The van der Waals surface area contributed by atoms with Crippen LogP contribution in [0.1, 0.15) is 26.4 Å². The Balaban J connectivity index is 1.61. The van der Waals surface area contributed by atoms with Crippen molar-refractivity contribution in [3.8, 4) is 17.2 Å². The Hall–Kier alpha value is -3.58. The fraction of sp³-hybridized carbons (Fsp3) is 0.174. The molecule has 0 aliphatic carbocycles. The summed E-state index contributed by atoms with van der Waals surface area (Å²) in [5, 5.41) is 5.87. The average molecular weight is 440 g/mol. The molecule has 0 saturated heterocycles. The first-order valence-electron chi connectivity index (χ1n) is 9.57. The van der Waals surface area contributed by atoms with Gasteiger partial charge in [-0.25, -0.2) is 0 Å². The van der Waals surface area contributed by atoms with E-state index in [0.717, 1.165) is 5.56 Å². The van der Waals surface area contributed by atoms with Gasteiger partial charge in [0.25, 0.3) is 11.8 Å². The standard InChI is InChI=1S/C23H22ClN3O4/c1-25-23(29)20-14-18(9-11-26-20)31-17-5-3-4-15(12-17)8-10-27-22(28)19-13-16(24)6-7-21(19)30-2/h3-7,9,11-14H,8,10H2,1-2H3,(H,25,29)(H,27,28). The van der Waals surface area contributed by atoms with Crippen molar-refractivity contribution in [2.45, 2.75) is 6.42 Å². The van der Waals surface area contributed by atoms with Crippen molar-refractivity contribution < 1.29 is 19.1 Å². The molecule has 2 aromatic carbocycles. The van der Waals surface area contributed by atoms with E-state index in [2.05, 4.69) is 15.6 Å². The number of amides is 2. The highest BCUT2D eigenvalue weighted by Gasteiger charge is 2.12. The molecule has 0 radical (unpaired) electrons. The summed E-state index contributed by atoms with van der Waals surface area (Å²) >= 11 is 5.99. The minimum atomic E-state index is -0.286. The molecule has 0 bridgehead atoms. The van der Waals surface area contributed by atoms with E-state index in [-0.39, 0.29) is 17.5 Å². The Morgan fingerprint density at radius 1 is 1.03 bits per heavy atom. The minimum Gasteiger partial charge on any atom is -0.496 e. The number of carbonyl (C=O) groups is 2. The number of ether oxygens (including phenoxy) is 2. The van der Waals surface area contributed by atoms with Gasteiger partial charge < -0.3 is 20.1 Å². The average Bonchev–Trinajstić information content (AvgIpc) is 2.79. The third-order valence-electron chi connectivity index (χ3n) is 4.43. The lowest BCUT2D eigenvalue weighted by molar-refractivity contribution is 0.0945. The molecule has 3 aromatic rings. The van der Waals surface area contributed by atoms with Gasteiger partial charge in [0.15, 0.2) is 0 Å². The summed E-state index contributed by atoms with van der Waals surface area (Å²) in [5.41, 5.74) is 1.64. The quantitative estimate of drug-likeness (QED) is 0.556. The SMILES string of the molecule is CNC(=O)c1cc(Oc2cccc(CCNC(=O)c3cc(Cl)ccc3OC)c2)ccn1. The molecule has 0 unspecified atom stereocenters. The monoisotopic (exact) mass is 439 g/mol. The molecular formula is C23H22ClN3O4. The van der Waals surface area contributed by atoms with E-state index in [1.165, 1.54) is 13.3 Å². The molecule has 0 aliphatic rings. The number of carbonyl (C=O) groups excluding carboxylic acids is 2. The largest absolute Gasteiger partial charge is 0.496 e. The van der Waals surface area contributed by atoms with Crippen LogP contribution in [0.3, 0.4) is 0 Å². The molecule has 0 saturated carbocycles. The topological polar surface area (TPSA) is 89.6 Å². The van der Waals surface area contributed by atoms with Crippen LogP contribution in [-0.2, 0) is 6.42 Å². The third kappa shape index (κ3) is 5.96. The summed E-state index contributed by atoms with van der Waals surface area (Å²) in [6.45, 7) is 0.425. The molecule has 8 heteroatoms. The van der Waals surface area contributed by atoms with Crippen LogP contribution in [0.5, 0.6) is 17.2 Å². The summed E-state index contributed by atoms with van der Waals surface area (Å²) in [7, 11) is 3.05. The Kier molecular flexibility index (Phi) is 7.45. The van der Waals surface area contributed by atoms with E-state index in [1.54, 1.807) is 37.4 Å². The summed E-state index contributed by atoms with van der Waals surface area (Å²) < 4.78 is 11.1. The van der Waals surface area contributed by atoms with Crippen LogP contribution >= 0.6 is 11.6 Å². The molecule has 0 atom stereocenters. The second kappa shape index (κ2) is 10.4. The molecule has 0 spiro atoms. The lowest BCUT2D eigenvalue weighted by atomic mass is 10.1. The Labute approximate surface area is 185 Å². The maximum Gasteiger partial charge on any atom is 0.269 e. The molecule has 160 valence electrons. The van der Waals surface area contributed by atoms with Crippen molar-refractivity contribution in [2.75, 3.05) is 20.7 Å². The van der Waals surface area contributed by atoms with Gasteiger partial charge in [-0.1, -0.05) is 23.7 Å². The third-order valence-corrected chi connectivity index (χ3v) is 4.67. The smallest absolute Gasteiger partial charge is 0.269 e. The van der Waals surface area contributed by atoms with Gasteiger partial charge in [0.1, 0.15) is 22.9 Å². The lowest BCUT2D eigenvalue weighted by Gasteiger charge is -2.11. The highest BCUT2D eigenvalue weighted by atomic mass is 35.5. The summed E-state index contributed by atoms with van der Waals surface area (Å²) in [6.07, 6.45) is 2.12. The summed E-state index contributed by atoms with van der Waals surface area (Å²) in [5.74, 6) is 1.05. The van der Waals surface area contributed by atoms with Gasteiger partial charge in [-0.2, -0.15) is 0 Å². The number of benzene rings is 2. The molecule has 1 heterocycles. The zero-order valence-electron chi connectivity index (χ0n) is 17.1. The zero-order chi connectivity index (χ0) is 22.2. The van der Waals surface area contributed by atoms with Crippen molar-refractivity contribution in [1.29, 1.82) is 0 Å². The normalized spacial score (nSPS) is 10.3. The highest BCUT2D eigenvalue weighted by molar-refractivity contribution is 6.31. The molecule has 1 aromatic heterocycles. The zero-order valence-corrected chi connectivity index (χ0v) is 17.9. The second-order valence-corrected chi connectivity index (χ2v) is 6.99. The molecule has 7 nitrogen and oxygen atoms in total. The van der Waals surface area contributed by atoms with Crippen LogP contribution in [0.25, 0.3) is 0 Å². The van der Waals surface area contributed by atoms with E-state index in [1.807, 2.05) is 24.3 Å². The number of pyridine rings is 1. The van der Waals surface area contributed by atoms with E-state index in [0.29, 0.717) is 40.8 Å². The second-order valence-electron chi connectivity index (χ2n) is 6.56. The van der Waals surface area contributed by atoms with Crippen LogP contribution in [0.2, 0.25) is 5.02 Å². The van der Waals surface area contributed by atoms with Crippen LogP contribution < -0.4 is 20.1 Å². The van der Waals surface area contributed by atoms with Crippen LogP contribution in [-0.4, -0.2) is 37.5 Å². The molecule has 0 fully saturated rings. The fourth-order valence-corrected chi connectivity index (χ4v) is 3.07. The number of nitrogens with one attached hydrogen (secondary N) is 2. The number of methoxy groups -OCH3 is 1. The predicted octanol–water partition coefficient (Wildman–Crippen LogP) is 3.87. The van der Waals surface area contributed by atoms with Crippen molar-refractivity contribution in [1.82, 2.24) is 15.6 Å². The van der Waals surface area contributed by atoms with Crippen molar-refractivity contribution >= 4 is 23.4 Å². The minimum absolute atomic E-state index is 0.259. The van der Waals surface area contributed by atoms with Gasteiger partial charge >= 0.3 is 0 Å². The molecule has 31 heavy (non-hydrogen) atoms. The number of hydrogen-bond acceptors (Lipinski definition) is 5. The fourth-order valence-electron chi connectivity index (χ4n) is 2.90. The molecule has 2 amide bonds. The number of aromatic nitrogens is 1. The highest BCUT2D eigenvalue weighted by Crippen LogP contribution is 2.24. The first-order chi connectivity index (χ1) is 15.0. The molecule has 0 aliphatic heterocycles. The number of rotatable bonds is 8. The van der Waals surface area contributed by atoms with Gasteiger partial charge in [0.2, 0.25) is 0 Å². The summed E-state index contributed by atoms with van der Waals surface area (Å²) in [4.78, 5) is 28.2. The van der Waals surface area contributed by atoms with E-state index >= 15 is 0 Å². The first-order valence-corrected chi connectivity index (χ1v) is 9.94. The van der Waals surface area contributed by atoms with Crippen molar-refractivity contribution in [3.05, 3.63) is 82.6 Å². The molecule has 2 N–H and O–H groups in total. The maximum atomic E-state index is 12.5. The Morgan fingerprint density at radius 2 is 1.84 bits per heavy atom. The van der Waals surface area contributed by atoms with Crippen LogP contribution in [0.4, 0.5) is 0 Å². The van der Waals surface area contributed by atoms with E-state index < -0.39 is 0 Å². The summed E-state index contributed by atoms with van der Waals surface area (Å²) in [6, 6.07) is 15.7. The van der Waals surface area contributed by atoms with Gasteiger partial charge in [-0.3, -0.25) is 14.6 Å². The maximum absolute atomic E-state index is 12.5. The van der Waals surface area contributed by atoms with Crippen LogP contribution in [0, 0.1) is 0 Å². The molecule has 3 rings (SSSR count). The van der Waals surface area contributed by atoms with E-state index in [9.17, 15) is 9.59 Å². The molecular weight excluding hydrogens is 418 g/mol. The van der Waals surface area contributed by atoms with Crippen LogP contribution in [0.15, 0.2) is 60.8 Å². The predicted molar refractivity (Wildman–Crippen MR) is 118 cm³/mol. The van der Waals surface area contributed by atoms with Crippen molar-refractivity contribution in [3.63, 3.8) is 0 Å².